The molecule has 2 aromatic heterocycles. The average molecular weight is 274 g/mol. The maximum Gasteiger partial charge on any atom is 0.178 e. The van der Waals surface area contributed by atoms with Crippen molar-refractivity contribution >= 4 is 23.3 Å². The molecule has 3 rings (SSSR count). The van der Waals surface area contributed by atoms with E-state index in [0.29, 0.717) is 11.3 Å². The van der Waals surface area contributed by atoms with Gasteiger partial charge < -0.3 is 18.9 Å². The van der Waals surface area contributed by atoms with Crippen LogP contribution >= 0.6 is 12.2 Å². The highest BCUT2D eigenvalue weighted by molar-refractivity contribution is 7.71. The Labute approximate surface area is 115 Å². The SMILES string of the molecule is COc1ccc2c(c1)[nH]c(=S)n2Cc1nccn1C. The van der Waals surface area contributed by atoms with Gasteiger partial charge in [-0.1, -0.05) is 0 Å². The third-order valence-electron chi connectivity index (χ3n) is 3.20. The zero-order chi connectivity index (χ0) is 13.4. The number of imidazole rings is 2. The highest BCUT2D eigenvalue weighted by Gasteiger charge is 2.08. The number of ether oxygens (including phenoxy) is 1. The molecule has 2 heterocycles. The first kappa shape index (κ1) is 12.0. The van der Waals surface area contributed by atoms with Gasteiger partial charge >= 0.3 is 0 Å². The van der Waals surface area contributed by atoms with E-state index in [-0.39, 0.29) is 0 Å². The summed E-state index contributed by atoms with van der Waals surface area (Å²) in [5, 5.41) is 0. The summed E-state index contributed by atoms with van der Waals surface area (Å²) in [5.41, 5.74) is 2.02. The second-order valence-corrected chi connectivity index (χ2v) is 4.74. The lowest BCUT2D eigenvalue weighted by atomic mass is 10.3. The molecule has 3 aromatic rings. The summed E-state index contributed by atoms with van der Waals surface area (Å²) in [5.74, 6) is 1.78. The van der Waals surface area contributed by atoms with E-state index in [4.69, 9.17) is 17.0 Å². The molecule has 0 bridgehead atoms. The van der Waals surface area contributed by atoms with Crippen molar-refractivity contribution in [3.63, 3.8) is 0 Å². The number of hydrogen-bond acceptors (Lipinski definition) is 3. The van der Waals surface area contributed by atoms with Gasteiger partial charge in [0.2, 0.25) is 0 Å². The average Bonchev–Trinajstić information content (AvgIpc) is 2.94. The van der Waals surface area contributed by atoms with Crippen molar-refractivity contribution in [1.82, 2.24) is 19.1 Å². The van der Waals surface area contributed by atoms with Crippen molar-refractivity contribution in [2.45, 2.75) is 6.54 Å². The Morgan fingerprint density at radius 2 is 2.26 bits per heavy atom. The minimum absolute atomic E-state index is 0.647. The predicted octanol–water partition coefficient (Wildman–Crippen LogP) is 2.49. The van der Waals surface area contributed by atoms with Gasteiger partial charge in [0.15, 0.2) is 4.77 Å². The van der Waals surface area contributed by atoms with Crippen molar-refractivity contribution in [2.24, 2.45) is 7.05 Å². The van der Waals surface area contributed by atoms with Crippen LogP contribution in [-0.4, -0.2) is 26.2 Å². The number of aryl methyl sites for hydroxylation is 1. The molecule has 0 aliphatic rings. The Bertz CT molecular complexity index is 783. The number of nitrogens with one attached hydrogen (secondary N) is 1. The van der Waals surface area contributed by atoms with Gasteiger partial charge in [-0.25, -0.2) is 4.98 Å². The van der Waals surface area contributed by atoms with Crippen LogP contribution in [-0.2, 0) is 13.6 Å². The van der Waals surface area contributed by atoms with Crippen LogP contribution in [0.2, 0.25) is 0 Å². The van der Waals surface area contributed by atoms with Crippen LogP contribution in [0, 0.1) is 4.77 Å². The Balaban J connectivity index is 2.11. The number of methoxy groups -OCH3 is 1. The molecule has 0 spiro atoms. The van der Waals surface area contributed by atoms with E-state index in [9.17, 15) is 0 Å². The molecule has 0 aliphatic heterocycles. The van der Waals surface area contributed by atoms with Crippen LogP contribution in [0.5, 0.6) is 5.75 Å². The third kappa shape index (κ3) is 2.04. The molecule has 1 aromatic carbocycles. The summed E-state index contributed by atoms with van der Waals surface area (Å²) in [6, 6.07) is 5.88. The number of aromatic nitrogens is 4. The minimum Gasteiger partial charge on any atom is -0.497 e. The molecule has 0 saturated carbocycles. The minimum atomic E-state index is 0.647. The van der Waals surface area contributed by atoms with Crippen LogP contribution in [0.15, 0.2) is 30.6 Å². The van der Waals surface area contributed by atoms with Crippen LogP contribution in [0.3, 0.4) is 0 Å². The molecular formula is C13H14N4OS. The van der Waals surface area contributed by atoms with Gasteiger partial charge in [-0.05, 0) is 24.4 Å². The van der Waals surface area contributed by atoms with Gasteiger partial charge in [0, 0.05) is 25.5 Å². The first-order valence-electron chi connectivity index (χ1n) is 5.92. The lowest BCUT2D eigenvalue weighted by Gasteiger charge is -2.05. The summed E-state index contributed by atoms with van der Waals surface area (Å²) in [6.07, 6.45) is 3.72. The monoisotopic (exact) mass is 274 g/mol. The summed E-state index contributed by atoms with van der Waals surface area (Å²) in [6.45, 7) is 0.647. The molecule has 1 N–H and O–H groups in total. The number of H-pyrrole nitrogens is 1. The Morgan fingerprint density at radius 1 is 1.42 bits per heavy atom. The quantitative estimate of drug-likeness (QED) is 0.746. The highest BCUT2D eigenvalue weighted by atomic mass is 32.1. The molecule has 0 fully saturated rings. The number of aromatic amines is 1. The van der Waals surface area contributed by atoms with Gasteiger partial charge in [-0.3, -0.25) is 0 Å². The molecule has 0 unspecified atom stereocenters. The van der Waals surface area contributed by atoms with E-state index in [1.54, 1.807) is 13.3 Å². The summed E-state index contributed by atoms with van der Waals surface area (Å²) < 4.78 is 9.93. The van der Waals surface area contributed by atoms with E-state index >= 15 is 0 Å². The molecule has 6 heteroatoms. The largest absolute Gasteiger partial charge is 0.497 e. The molecule has 0 aliphatic carbocycles. The highest BCUT2D eigenvalue weighted by Crippen LogP contribution is 2.21. The molecule has 98 valence electrons. The number of benzene rings is 1. The maximum atomic E-state index is 5.38. The topological polar surface area (TPSA) is 47.8 Å². The Hall–Kier alpha value is -2.08. The number of fused-ring (bicyclic) bond motifs is 1. The van der Waals surface area contributed by atoms with Crippen LogP contribution in [0.1, 0.15) is 5.82 Å². The van der Waals surface area contributed by atoms with E-state index in [0.717, 1.165) is 22.6 Å². The molecular weight excluding hydrogens is 260 g/mol. The van der Waals surface area contributed by atoms with Gasteiger partial charge in [0.1, 0.15) is 11.6 Å². The van der Waals surface area contributed by atoms with Crippen molar-refractivity contribution in [3.8, 4) is 5.75 Å². The normalized spacial score (nSPS) is 11.1. The summed E-state index contributed by atoms with van der Waals surface area (Å²) >= 11 is 5.38. The zero-order valence-electron chi connectivity index (χ0n) is 10.8. The molecule has 5 nitrogen and oxygen atoms in total. The van der Waals surface area contributed by atoms with Crippen molar-refractivity contribution in [3.05, 3.63) is 41.2 Å². The first-order chi connectivity index (χ1) is 9.19. The standard InChI is InChI=1S/C13H14N4OS/c1-16-6-5-14-12(16)8-17-11-4-3-9(18-2)7-10(11)15-13(17)19/h3-7H,8H2,1-2H3,(H,15,19). The number of nitrogens with zero attached hydrogens (tertiary/aromatic N) is 3. The fourth-order valence-electron chi connectivity index (χ4n) is 2.12. The zero-order valence-corrected chi connectivity index (χ0v) is 11.6. The van der Waals surface area contributed by atoms with E-state index in [1.807, 2.05) is 40.6 Å². The third-order valence-corrected chi connectivity index (χ3v) is 3.52. The van der Waals surface area contributed by atoms with E-state index in [1.165, 1.54) is 0 Å². The van der Waals surface area contributed by atoms with Crippen molar-refractivity contribution in [2.75, 3.05) is 7.11 Å². The van der Waals surface area contributed by atoms with Gasteiger partial charge in [-0.2, -0.15) is 0 Å². The van der Waals surface area contributed by atoms with Crippen molar-refractivity contribution in [1.29, 1.82) is 0 Å². The van der Waals surface area contributed by atoms with Crippen LogP contribution < -0.4 is 4.74 Å². The first-order valence-corrected chi connectivity index (χ1v) is 6.32. The summed E-state index contributed by atoms with van der Waals surface area (Å²) in [7, 11) is 3.63. The fraction of sp³-hybridized carbons (Fsp3) is 0.231. The smallest absolute Gasteiger partial charge is 0.178 e. The van der Waals surface area contributed by atoms with E-state index in [2.05, 4.69) is 9.97 Å². The fourth-order valence-corrected chi connectivity index (χ4v) is 2.39. The van der Waals surface area contributed by atoms with Gasteiger partial charge in [-0.15, -0.1) is 0 Å². The molecule has 0 amide bonds. The van der Waals surface area contributed by atoms with Crippen LogP contribution in [0.25, 0.3) is 11.0 Å². The second-order valence-electron chi connectivity index (χ2n) is 4.35. The van der Waals surface area contributed by atoms with Crippen LogP contribution in [0.4, 0.5) is 0 Å². The summed E-state index contributed by atoms with van der Waals surface area (Å²) in [4.78, 5) is 7.52. The molecule has 0 atom stereocenters. The van der Waals surface area contributed by atoms with Gasteiger partial charge in [0.25, 0.3) is 0 Å². The van der Waals surface area contributed by atoms with Crippen molar-refractivity contribution < 1.29 is 4.74 Å². The maximum absolute atomic E-state index is 5.38. The lowest BCUT2D eigenvalue weighted by Crippen LogP contribution is -2.05. The number of rotatable bonds is 3. The van der Waals surface area contributed by atoms with Gasteiger partial charge in [0.05, 0.1) is 24.7 Å². The molecule has 0 radical (unpaired) electrons. The number of hydrogen-bond donors (Lipinski definition) is 1. The lowest BCUT2D eigenvalue weighted by molar-refractivity contribution is 0.415. The Kier molecular flexibility index (Phi) is 2.87. The molecule has 0 saturated heterocycles. The molecule has 19 heavy (non-hydrogen) atoms. The predicted molar refractivity (Wildman–Crippen MR) is 76.0 cm³/mol. The van der Waals surface area contributed by atoms with E-state index < -0.39 is 0 Å². The second kappa shape index (κ2) is 4.55. The Morgan fingerprint density at radius 3 is 2.95 bits per heavy atom.